The molecule has 0 saturated carbocycles. The van der Waals surface area contributed by atoms with Gasteiger partial charge in [-0.15, -0.1) is 0 Å². The molecule has 1 fully saturated rings. The Morgan fingerprint density at radius 3 is 1.54 bits per heavy atom. The van der Waals surface area contributed by atoms with Crippen LogP contribution in [-0.2, 0) is 19.0 Å². The van der Waals surface area contributed by atoms with Crippen LogP contribution in [-0.4, -0.2) is 81.3 Å². The van der Waals surface area contributed by atoms with Crippen molar-refractivity contribution in [2.75, 3.05) is 14.2 Å². The molecule has 396 valence electrons. The molecule has 0 spiro atoms. The van der Waals surface area contributed by atoms with Gasteiger partial charge in [0, 0.05) is 55.8 Å². The summed E-state index contributed by atoms with van der Waals surface area (Å²) in [5.74, 6) is 2.10. The van der Waals surface area contributed by atoms with Gasteiger partial charge in [-0.05, 0) is 185 Å². The molecule has 8 heterocycles. The summed E-state index contributed by atoms with van der Waals surface area (Å²) in [6.45, 7) is 18.0. The Hall–Kier alpha value is -5.83. The van der Waals surface area contributed by atoms with Crippen molar-refractivity contribution in [2.45, 2.75) is 97.8 Å². The van der Waals surface area contributed by atoms with Gasteiger partial charge in [-0.3, -0.25) is 34.6 Å². The number of amidine groups is 2. The van der Waals surface area contributed by atoms with Crippen LogP contribution >= 0.6 is 55.1 Å². The Labute approximate surface area is 472 Å². The van der Waals surface area contributed by atoms with Crippen molar-refractivity contribution in [3.05, 3.63) is 186 Å². The van der Waals surface area contributed by atoms with Crippen LogP contribution < -0.4 is 25.9 Å². The zero-order chi connectivity index (χ0) is 54.7. The number of ether oxygens (including phenoxy) is 2. The largest absolute Gasteiger partial charge is 0.494 e. The van der Waals surface area contributed by atoms with E-state index in [-0.39, 0.29) is 42.6 Å². The molecular formula is C56H60BBr2Cl2N9O6. The smallest absolute Gasteiger partial charge is 0.481 e. The summed E-state index contributed by atoms with van der Waals surface area (Å²) in [6, 6.07) is 34.2. The number of halogens is 4. The average Bonchev–Trinajstić information content (AvgIpc) is 3.62. The first-order valence-corrected chi connectivity index (χ1v) is 26.6. The van der Waals surface area contributed by atoms with Gasteiger partial charge in [0.1, 0.15) is 35.7 Å². The predicted octanol–water partition coefficient (Wildman–Crippen LogP) is 12.3. The van der Waals surface area contributed by atoms with E-state index in [0.717, 1.165) is 53.7 Å². The Bertz CT molecular complexity index is 3160. The van der Waals surface area contributed by atoms with E-state index in [1.54, 1.807) is 32.8 Å². The van der Waals surface area contributed by atoms with Crippen molar-refractivity contribution in [1.82, 2.24) is 35.9 Å². The number of aliphatic imine (C=N–C) groups is 2. The van der Waals surface area contributed by atoms with E-state index in [4.69, 9.17) is 61.6 Å². The molecule has 4 atom stereocenters. The van der Waals surface area contributed by atoms with Crippen molar-refractivity contribution in [3.8, 4) is 22.9 Å². The van der Waals surface area contributed by atoms with E-state index in [1.807, 2.05) is 144 Å². The fraction of sp³-hybridized carbons (Fsp3) is 0.304. The van der Waals surface area contributed by atoms with Crippen LogP contribution in [0.15, 0.2) is 147 Å². The van der Waals surface area contributed by atoms with Crippen molar-refractivity contribution in [2.24, 2.45) is 9.98 Å². The third kappa shape index (κ3) is 15.0. The van der Waals surface area contributed by atoms with Crippen LogP contribution in [0.5, 0.6) is 11.8 Å². The lowest BCUT2D eigenvalue weighted by molar-refractivity contribution is -0.00484. The van der Waals surface area contributed by atoms with Gasteiger partial charge in [-0.1, -0.05) is 63.4 Å². The third-order valence-electron chi connectivity index (χ3n) is 12.5. The molecule has 15 nitrogen and oxygen atoms in total. The molecule has 0 amide bonds. The molecule has 0 aliphatic carbocycles. The maximum absolute atomic E-state index is 6.15. The molecule has 76 heavy (non-hydrogen) atoms. The highest BCUT2D eigenvalue weighted by molar-refractivity contribution is 9.10. The van der Waals surface area contributed by atoms with E-state index < -0.39 is 0 Å². The van der Waals surface area contributed by atoms with Crippen LogP contribution in [0.3, 0.4) is 0 Å². The van der Waals surface area contributed by atoms with Gasteiger partial charge in [-0.2, -0.15) is 0 Å². The summed E-state index contributed by atoms with van der Waals surface area (Å²) in [7, 11) is 2.89. The SMILES string of the molecule is COc1nc(C2=NC(c3cccc(Cl)c3)C(C)ON2)ccc1-c1ccnc(C)c1.COc1nc(C2=NC(c3cccc(Cl)c3)C(C)ON2)ccc1Br.Cc1cc(B2OC(C)(C)C(C)(C)O2)ccn1.Cc1cc(Br)ccn1. The van der Waals surface area contributed by atoms with Crippen LogP contribution in [0.1, 0.15) is 93.2 Å². The van der Waals surface area contributed by atoms with Crippen LogP contribution in [0.4, 0.5) is 0 Å². The molecule has 3 aliphatic heterocycles. The Kier molecular flexibility index (Phi) is 19.8. The highest BCUT2D eigenvalue weighted by atomic mass is 79.9. The highest BCUT2D eigenvalue weighted by Gasteiger charge is 2.51. The Balaban J connectivity index is 0.000000159. The highest BCUT2D eigenvalue weighted by Crippen LogP contribution is 2.37. The van der Waals surface area contributed by atoms with Gasteiger partial charge < -0.3 is 18.8 Å². The molecule has 3 aliphatic rings. The molecule has 0 bridgehead atoms. The standard InChI is InChI=1S/C22H21ClN4O2.C16H15BrClN3O2.C12H18BNO2.C6H6BrN/c1-13-11-15(9-10-24-13)18-7-8-19(25-22(18)28-3)21-26-20(14(2)29-27-21)16-5-4-6-17(23)12-16;1-9-14(10-4-3-5-11(18)8-10)20-15(21-23-9)13-7-6-12(17)16(19-13)22-2;1-9-8-10(6-7-14-9)13-15-11(2,3)12(4,5)16-13;1-5-4-6(7)2-3-8-5/h4-12,14,20H,1-3H3,(H,26,27);3-9,14H,1-2H3,(H,20,21);6-8H,1-5H3;2-4H,1H3. The topological polar surface area (TPSA) is 169 Å². The summed E-state index contributed by atoms with van der Waals surface area (Å²) in [4.78, 5) is 42.4. The molecule has 20 heteroatoms. The summed E-state index contributed by atoms with van der Waals surface area (Å²) in [6.07, 6.45) is 5.05. The van der Waals surface area contributed by atoms with Crippen LogP contribution in [0, 0.1) is 20.8 Å². The van der Waals surface area contributed by atoms with Gasteiger partial charge in [-0.25, -0.2) is 20.9 Å². The van der Waals surface area contributed by atoms with Crippen LogP contribution in [0.2, 0.25) is 10.0 Å². The lowest BCUT2D eigenvalue weighted by Crippen LogP contribution is -2.41. The number of hydroxylamine groups is 2. The number of benzene rings is 2. The molecule has 2 N–H and O–H groups in total. The quantitative estimate of drug-likeness (QED) is 0.138. The number of hydrogen-bond acceptors (Lipinski definition) is 15. The van der Waals surface area contributed by atoms with Gasteiger partial charge in [0.25, 0.3) is 0 Å². The Morgan fingerprint density at radius 1 is 0.579 bits per heavy atom. The lowest BCUT2D eigenvalue weighted by atomic mass is 9.79. The number of rotatable bonds is 8. The summed E-state index contributed by atoms with van der Waals surface area (Å²) in [5, 5.41) is 1.34. The van der Waals surface area contributed by atoms with Gasteiger partial charge >= 0.3 is 7.12 Å². The van der Waals surface area contributed by atoms with Crippen molar-refractivity contribution in [1.29, 1.82) is 0 Å². The second kappa shape index (κ2) is 26.0. The molecule has 2 aromatic carbocycles. The van der Waals surface area contributed by atoms with Crippen molar-refractivity contribution < 1.29 is 28.5 Å². The normalized spacial score (nSPS) is 19.1. The fourth-order valence-electron chi connectivity index (χ4n) is 7.84. The first kappa shape index (κ1) is 57.9. The first-order valence-electron chi connectivity index (χ1n) is 24.3. The minimum Gasteiger partial charge on any atom is -0.481 e. The van der Waals surface area contributed by atoms with E-state index >= 15 is 0 Å². The van der Waals surface area contributed by atoms with Crippen molar-refractivity contribution >= 4 is 79.3 Å². The average molecular weight is 1200 g/mol. The number of nitrogens with zero attached hydrogens (tertiary/aromatic N) is 7. The minimum absolute atomic E-state index is 0.130. The number of aromatic nitrogens is 5. The summed E-state index contributed by atoms with van der Waals surface area (Å²) >= 11 is 18.9. The van der Waals surface area contributed by atoms with Crippen LogP contribution in [0.25, 0.3) is 11.1 Å². The molecule has 5 aromatic heterocycles. The van der Waals surface area contributed by atoms with Crippen molar-refractivity contribution in [3.63, 3.8) is 0 Å². The number of hydrogen-bond donors (Lipinski definition) is 2. The van der Waals surface area contributed by atoms with Gasteiger partial charge in [0.05, 0.1) is 29.9 Å². The number of aryl methyl sites for hydroxylation is 3. The maximum atomic E-state index is 6.15. The summed E-state index contributed by atoms with van der Waals surface area (Å²) in [5.41, 5.74) is 14.3. The zero-order valence-corrected chi connectivity index (χ0v) is 48.8. The second-order valence-electron chi connectivity index (χ2n) is 18.9. The molecule has 1 saturated heterocycles. The summed E-state index contributed by atoms with van der Waals surface area (Å²) < 4.78 is 24.5. The van der Waals surface area contributed by atoms with E-state index in [9.17, 15) is 0 Å². The number of pyridine rings is 5. The van der Waals surface area contributed by atoms with E-state index in [1.165, 1.54) is 0 Å². The molecule has 10 rings (SSSR count). The molecule has 4 unspecified atom stereocenters. The van der Waals surface area contributed by atoms with Gasteiger partial charge in [0.2, 0.25) is 11.8 Å². The number of methoxy groups -OCH3 is 2. The molecular weight excluding hydrogens is 1140 g/mol. The predicted molar refractivity (Wildman–Crippen MR) is 307 cm³/mol. The van der Waals surface area contributed by atoms with Gasteiger partial charge in [0.15, 0.2) is 11.7 Å². The molecule has 0 radical (unpaired) electrons. The third-order valence-corrected chi connectivity index (χ3v) is 14.1. The maximum Gasteiger partial charge on any atom is 0.494 e. The first-order chi connectivity index (χ1) is 36.2. The molecule has 7 aromatic rings. The van der Waals surface area contributed by atoms with E-state index in [2.05, 4.69) is 95.4 Å². The zero-order valence-electron chi connectivity index (χ0n) is 44.1. The number of nitrogens with one attached hydrogen (secondary N) is 2. The minimum atomic E-state index is -0.285. The Morgan fingerprint density at radius 2 is 1.07 bits per heavy atom. The monoisotopic (exact) mass is 1190 g/mol. The second-order valence-corrected chi connectivity index (χ2v) is 21.5. The van der Waals surface area contributed by atoms with E-state index in [0.29, 0.717) is 44.9 Å². The fourth-order valence-corrected chi connectivity index (χ4v) is 9.07. The lowest BCUT2D eigenvalue weighted by Gasteiger charge is -2.32.